The Morgan fingerprint density at radius 1 is 0.833 bits per heavy atom. The smallest absolute Gasteiger partial charge is 0.305 e. The van der Waals surface area contributed by atoms with Gasteiger partial charge in [-0.25, -0.2) is 4.98 Å². The molecular formula is C52H54N8O12. The molecule has 4 atom stereocenters. The molecule has 5 heterocycles. The minimum atomic E-state index is -1.22. The molecule has 0 spiro atoms. The number of ketones is 2. The normalized spacial score (nSPS) is 14.9. The number of fused-ring (bicyclic) bond motifs is 9. The number of aryl methyl sites for hydroxylation is 2. The number of aromatic nitrogens is 3. The third kappa shape index (κ3) is 13.5. The summed E-state index contributed by atoms with van der Waals surface area (Å²) in [6.45, 7) is 0.310. The Morgan fingerprint density at radius 3 is 2.21 bits per heavy atom. The lowest BCUT2D eigenvalue weighted by atomic mass is 10.0. The van der Waals surface area contributed by atoms with Gasteiger partial charge >= 0.3 is 11.9 Å². The second kappa shape index (κ2) is 24.0. The van der Waals surface area contributed by atoms with Crippen LogP contribution in [0.4, 0.5) is 0 Å². The molecule has 0 saturated heterocycles. The SMILES string of the molecule is NCc1ccc(CCC(=O)CNC(Cc2c[nH]c3ccc(O)cc23)C(=O)N[C@@H](C=O)CC(=O)O)cc1.O=C[C@@H](CC(=O)O)NC(=O)C1Cc2c[nH]c3ccc4oc(nc4c23)-c2ccc(cc2)CCC(=O)CN1. The number of aromatic hydroxyl groups is 1. The Labute approximate surface area is 411 Å². The summed E-state index contributed by atoms with van der Waals surface area (Å²) in [4.78, 5) is 107. The molecule has 7 aromatic rings. The van der Waals surface area contributed by atoms with E-state index in [2.05, 4.69) is 31.2 Å². The lowest BCUT2D eigenvalue weighted by molar-refractivity contribution is -0.139. The van der Waals surface area contributed by atoms with Crippen molar-refractivity contribution in [1.82, 2.24) is 36.2 Å². The van der Waals surface area contributed by atoms with Gasteiger partial charge in [0, 0.05) is 59.1 Å². The number of hydrogen-bond donors (Lipinski definition) is 10. The number of Topliss-reactive ketones (excluding diaryl/α,β-unsaturated/α-hetero) is 2. The number of aldehydes is 2. The number of nitrogens with one attached hydrogen (secondary N) is 6. The van der Waals surface area contributed by atoms with Crippen LogP contribution in [0.5, 0.6) is 5.75 Å². The number of phenolic OH excluding ortho intramolecular Hbond substituents is 1. The van der Waals surface area contributed by atoms with Crippen molar-refractivity contribution in [2.45, 2.75) is 82.1 Å². The van der Waals surface area contributed by atoms with Gasteiger partial charge < -0.3 is 55.7 Å². The highest BCUT2D eigenvalue weighted by Gasteiger charge is 2.27. The number of amides is 2. The molecule has 0 saturated carbocycles. The topological polar surface area (TPSA) is 329 Å². The van der Waals surface area contributed by atoms with Gasteiger partial charge in [0.05, 0.1) is 50.1 Å². The van der Waals surface area contributed by atoms with E-state index >= 15 is 0 Å². The number of nitrogens with zero attached hydrogens (tertiary/aromatic N) is 1. The Balaban J connectivity index is 0.000000211. The number of benzene rings is 4. The van der Waals surface area contributed by atoms with Crippen molar-refractivity contribution in [3.8, 4) is 17.2 Å². The zero-order valence-corrected chi connectivity index (χ0v) is 38.9. The third-order valence-corrected chi connectivity index (χ3v) is 12.2. The Morgan fingerprint density at radius 2 is 1.51 bits per heavy atom. The van der Waals surface area contributed by atoms with E-state index in [1.54, 1.807) is 24.5 Å². The molecule has 11 N–H and O–H groups in total. The lowest BCUT2D eigenvalue weighted by Gasteiger charge is -2.20. The molecule has 3 aromatic heterocycles. The summed E-state index contributed by atoms with van der Waals surface area (Å²) in [5.74, 6) is -3.25. The summed E-state index contributed by atoms with van der Waals surface area (Å²) in [7, 11) is 0. The molecular weight excluding hydrogens is 929 g/mol. The zero-order valence-electron chi connectivity index (χ0n) is 38.9. The van der Waals surface area contributed by atoms with Crippen LogP contribution in [0.15, 0.2) is 95.7 Å². The van der Waals surface area contributed by atoms with Crippen LogP contribution in [-0.2, 0) is 70.6 Å². The third-order valence-electron chi connectivity index (χ3n) is 12.2. The second-order valence-corrected chi connectivity index (χ2v) is 17.5. The average Bonchev–Trinajstić information content (AvgIpc) is 4.11. The van der Waals surface area contributed by atoms with E-state index in [1.165, 1.54) is 6.07 Å². The Bertz CT molecular complexity index is 3100. The fourth-order valence-corrected chi connectivity index (χ4v) is 8.33. The van der Waals surface area contributed by atoms with Crippen LogP contribution in [-0.4, -0.2) is 115 Å². The van der Waals surface area contributed by atoms with Crippen molar-refractivity contribution in [3.05, 3.63) is 119 Å². The van der Waals surface area contributed by atoms with Crippen molar-refractivity contribution in [2.75, 3.05) is 13.1 Å². The van der Waals surface area contributed by atoms with Gasteiger partial charge in [-0.05, 0) is 96.0 Å². The number of aliphatic carboxylic acids is 2. The molecule has 2 aliphatic heterocycles. The molecule has 20 heteroatoms. The van der Waals surface area contributed by atoms with Gasteiger partial charge in [-0.1, -0.05) is 36.4 Å². The quantitative estimate of drug-likeness (QED) is 0.0520. The predicted molar refractivity (Wildman–Crippen MR) is 264 cm³/mol. The summed E-state index contributed by atoms with van der Waals surface area (Å²) < 4.78 is 6.03. The highest BCUT2D eigenvalue weighted by Crippen LogP contribution is 2.33. The maximum Gasteiger partial charge on any atom is 0.305 e. The molecule has 374 valence electrons. The Kier molecular flexibility index (Phi) is 17.2. The number of hydrogen-bond acceptors (Lipinski definition) is 14. The predicted octanol–water partition coefficient (Wildman–Crippen LogP) is 3.34. The highest BCUT2D eigenvalue weighted by molar-refractivity contribution is 6.05. The van der Waals surface area contributed by atoms with Crippen molar-refractivity contribution >= 4 is 80.8 Å². The summed E-state index contributed by atoms with van der Waals surface area (Å²) in [5, 5.41) is 40.2. The molecule has 0 radical (unpaired) electrons. The molecule has 72 heavy (non-hydrogen) atoms. The van der Waals surface area contributed by atoms with E-state index in [-0.39, 0.29) is 56.1 Å². The first-order valence-corrected chi connectivity index (χ1v) is 23.2. The van der Waals surface area contributed by atoms with Gasteiger partial charge in [0.15, 0.2) is 5.58 Å². The van der Waals surface area contributed by atoms with Gasteiger partial charge in [0.1, 0.15) is 35.4 Å². The maximum atomic E-state index is 13.1. The molecule has 0 fully saturated rings. The van der Waals surface area contributed by atoms with E-state index in [0.29, 0.717) is 59.9 Å². The van der Waals surface area contributed by atoms with E-state index in [1.807, 2.05) is 60.7 Å². The monoisotopic (exact) mass is 982 g/mol. The van der Waals surface area contributed by atoms with Crippen molar-refractivity contribution in [1.29, 1.82) is 0 Å². The van der Waals surface area contributed by atoms with E-state index in [4.69, 9.17) is 25.3 Å². The maximum absolute atomic E-state index is 13.1. The summed E-state index contributed by atoms with van der Waals surface area (Å²) in [6, 6.07) is 19.7. The largest absolute Gasteiger partial charge is 0.508 e. The number of H-pyrrole nitrogens is 2. The number of carbonyl (C=O) groups excluding carboxylic acids is 6. The average molecular weight is 983 g/mol. The van der Waals surface area contributed by atoms with Gasteiger partial charge in [-0.15, -0.1) is 0 Å². The van der Waals surface area contributed by atoms with Crippen LogP contribution in [0.3, 0.4) is 0 Å². The summed E-state index contributed by atoms with van der Waals surface area (Å²) in [6.07, 6.45) is 5.09. The lowest BCUT2D eigenvalue weighted by Crippen LogP contribution is -2.50. The van der Waals surface area contributed by atoms with Gasteiger partial charge in [-0.2, -0.15) is 0 Å². The summed E-state index contributed by atoms with van der Waals surface area (Å²) in [5.41, 5.74) is 13.7. The van der Waals surface area contributed by atoms with Crippen LogP contribution in [0.2, 0.25) is 0 Å². The zero-order chi connectivity index (χ0) is 51.3. The molecule has 4 bridgehead atoms. The fourth-order valence-electron chi connectivity index (χ4n) is 8.33. The molecule has 2 amide bonds. The van der Waals surface area contributed by atoms with Crippen LogP contribution in [0.25, 0.3) is 44.4 Å². The van der Waals surface area contributed by atoms with Crippen LogP contribution in [0.1, 0.15) is 53.5 Å². The fraction of sp³-hybridized carbons (Fsp3) is 0.288. The van der Waals surface area contributed by atoms with Gasteiger partial charge in [-0.3, -0.25) is 39.4 Å². The van der Waals surface area contributed by atoms with E-state index in [9.17, 15) is 43.5 Å². The first-order chi connectivity index (χ1) is 34.7. The molecule has 2 unspecified atom stereocenters. The number of carboxylic acids is 2. The van der Waals surface area contributed by atoms with Gasteiger partial charge in [0.2, 0.25) is 17.7 Å². The highest BCUT2D eigenvalue weighted by atomic mass is 16.4. The number of phenols is 1. The minimum absolute atomic E-state index is 0.0489. The first-order valence-electron chi connectivity index (χ1n) is 23.2. The van der Waals surface area contributed by atoms with E-state index in [0.717, 1.165) is 44.2 Å². The van der Waals surface area contributed by atoms with Crippen LogP contribution < -0.4 is 27.0 Å². The number of carboxylic acid groups (broad SMARTS) is 2. The number of oxazole rings is 1. The standard InChI is InChI=1S/C26H24N4O6.C26H30N4O6/c31-13-17(10-22(33)34)29-25(35)20-9-16-11-27-19-7-8-21-24(23(16)19)30-26(36-21)15-4-1-14(2-5-15)3-6-18(32)12-28-20;27-12-17-3-1-16(2-4-17)5-6-21(33)14-29-24(26(36)30-19(15-31)10-25(34)35)9-18-13-28-23-8-7-20(32)11-22(18)23/h1-2,4-5,7-8,11,13,17,20,27-28H,3,6,9-10,12H2,(H,29,35)(H,33,34);1-4,7-8,11,13,15,19,24,28-29,32H,5-6,9-10,12,14,27H2,(H,30,36)(H,34,35)/t17-,20?;19-,24?/m11/s1. The number of aromatic amines is 2. The molecule has 4 aromatic carbocycles. The van der Waals surface area contributed by atoms with E-state index < -0.39 is 60.8 Å². The van der Waals surface area contributed by atoms with Crippen LogP contribution >= 0.6 is 0 Å². The molecule has 9 rings (SSSR count). The number of carbonyl (C=O) groups is 8. The second-order valence-electron chi connectivity index (χ2n) is 17.5. The van der Waals surface area contributed by atoms with Crippen LogP contribution in [0, 0.1) is 0 Å². The van der Waals surface area contributed by atoms with Crippen molar-refractivity contribution in [3.63, 3.8) is 0 Å². The first kappa shape index (κ1) is 51.5. The minimum Gasteiger partial charge on any atom is -0.508 e. The number of nitrogens with two attached hydrogens (primary N) is 1. The molecule has 20 nitrogen and oxygen atoms in total. The summed E-state index contributed by atoms with van der Waals surface area (Å²) >= 11 is 0. The number of rotatable bonds is 19. The molecule has 2 aliphatic rings. The van der Waals surface area contributed by atoms with Gasteiger partial charge in [0.25, 0.3) is 0 Å². The van der Waals surface area contributed by atoms with Crippen molar-refractivity contribution < 1.29 is 58.1 Å². The molecule has 0 aliphatic carbocycles. The van der Waals surface area contributed by atoms with Crippen molar-refractivity contribution in [2.24, 2.45) is 5.73 Å². The Hall–Kier alpha value is -8.33.